The van der Waals surface area contributed by atoms with Gasteiger partial charge in [0.1, 0.15) is 5.75 Å². The molecule has 4 nitrogen and oxygen atoms in total. The van der Waals surface area contributed by atoms with Gasteiger partial charge in [0.2, 0.25) is 0 Å². The van der Waals surface area contributed by atoms with E-state index in [9.17, 15) is 9.90 Å². The fraction of sp³-hybridized carbons (Fsp3) is 0.353. The Morgan fingerprint density at radius 1 is 1.27 bits per heavy atom. The van der Waals surface area contributed by atoms with Crippen molar-refractivity contribution in [2.75, 3.05) is 7.11 Å². The van der Waals surface area contributed by atoms with Crippen molar-refractivity contribution in [3.05, 3.63) is 51.2 Å². The number of carbonyl (C=O) groups excluding carboxylic acids is 1. The van der Waals surface area contributed by atoms with Gasteiger partial charge in [-0.25, -0.2) is 0 Å². The Bertz CT molecular complexity index is 648. The largest absolute Gasteiger partial charge is 0.497 e. The molecular weight excluding hydrogens is 298 g/mol. The van der Waals surface area contributed by atoms with Crippen LogP contribution in [0.25, 0.3) is 0 Å². The number of hydrogen-bond donors (Lipinski definition) is 2. The zero-order valence-corrected chi connectivity index (χ0v) is 14.0. The number of methoxy groups -OCH3 is 1. The smallest absolute Gasteiger partial charge is 0.252 e. The summed E-state index contributed by atoms with van der Waals surface area (Å²) in [4.78, 5) is 14.4. The van der Waals surface area contributed by atoms with Crippen molar-refractivity contribution in [2.24, 2.45) is 0 Å². The van der Waals surface area contributed by atoms with Crippen LogP contribution >= 0.6 is 11.3 Å². The van der Waals surface area contributed by atoms with Crippen LogP contribution in [0.15, 0.2) is 30.3 Å². The highest BCUT2D eigenvalue weighted by Crippen LogP contribution is 2.23. The number of benzene rings is 1. The first-order valence-corrected chi connectivity index (χ1v) is 7.94. The third kappa shape index (κ3) is 3.67. The molecule has 2 atom stereocenters. The minimum Gasteiger partial charge on any atom is -0.497 e. The second kappa shape index (κ2) is 6.94. The SMILES string of the molecule is COc1ccc(C(O)C(C)NC(=O)c2cc(C)sc2C)cc1. The van der Waals surface area contributed by atoms with Crippen LogP contribution in [0, 0.1) is 13.8 Å². The van der Waals surface area contributed by atoms with E-state index in [0.717, 1.165) is 21.1 Å². The molecule has 1 aromatic heterocycles. The Balaban J connectivity index is 2.05. The number of carbonyl (C=O) groups is 1. The van der Waals surface area contributed by atoms with E-state index in [4.69, 9.17) is 4.74 Å². The second-order valence-electron chi connectivity index (χ2n) is 5.31. The van der Waals surface area contributed by atoms with Crippen LogP contribution in [-0.4, -0.2) is 24.2 Å². The lowest BCUT2D eigenvalue weighted by atomic mass is 10.0. The van der Waals surface area contributed by atoms with Gasteiger partial charge in [0, 0.05) is 9.75 Å². The minimum absolute atomic E-state index is 0.151. The van der Waals surface area contributed by atoms with Crippen molar-refractivity contribution in [2.45, 2.75) is 32.9 Å². The standard InChI is InChI=1S/C17H21NO3S/c1-10-9-15(12(3)22-10)17(20)18-11(2)16(19)13-5-7-14(21-4)8-6-13/h5-9,11,16,19H,1-4H3,(H,18,20). The predicted octanol–water partition coefficient (Wildman–Crippen LogP) is 3.23. The molecular formula is C17H21NO3S. The Hall–Kier alpha value is -1.85. The van der Waals surface area contributed by atoms with Crippen LogP contribution in [0.3, 0.4) is 0 Å². The van der Waals surface area contributed by atoms with Crippen LogP contribution in [-0.2, 0) is 0 Å². The van der Waals surface area contributed by atoms with E-state index < -0.39 is 6.10 Å². The number of amides is 1. The van der Waals surface area contributed by atoms with Gasteiger partial charge in [-0.15, -0.1) is 11.3 Å². The van der Waals surface area contributed by atoms with Gasteiger partial charge in [0.05, 0.1) is 24.8 Å². The fourth-order valence-electron chi connectivity index (χ4n) is 2.31. The minimum atomic E-state index is -0.769. The van der Waals surface area contributed by atoms with Crippen LogP contribution in [0.2, 0.25) is 0 Å². The quantitative estimate of drug-likeness (QED) is 0.889. The van der Waals surface area contributed by atoms with Crippen molar-refractivity contribution in [1.82, 2.24) is 5.32 Å². The van der Waals surface area contributed by atoms with E-state index in [1.54, 1.807) is 49.6 Å². The summed E-state index contributed by atoms with van der Waals surface area (Å²) in [6, 6.07) is 8.67. The highest BCUT2D eigenvalue weighted by atomic mass is 32.1. The molecule has 0 radical (unpaired) electrons. The Labute approximate surface area is 134 Å². The Kier molecular flexibility index (Phi) is 5.21. The lowest BCUT2D eigenvalue weighted by Gasteiger charge is -2.21. The van der Waals surface area contributed by atoms with Gasteiger partial charge in [-0.3, -0.25) is 4.79 Å². The van der Waals surface area contributed by atoms with Crippen molar-refractivity contribution in [1.29, 1.82) is 0 Å². The maximum Gasteiger partial charge on any atom is 0.252 e. The molecule has 0 spiro atoms. The molecule has 1 heterocycles. The maximum atomic E-state index is 12.3. The first kappa shape index (κ1) is 16.5. The molecule has 0 bridgehead atoms. The van der Waals surface area contributed by atoms with Crippen LogP contribution < -0.4 is 10.1 Å². The lowest BCUT2D eigenvalue weighted by molar-refractivity contribution is 0.0852. The van der Waals surface area contributed by atoms with Gasteiger partial charge < -0.3 is 15.2 Å². The average molecular weight is 319 g/mol. The Morgan fingerprint density at radius 2 is 1.91 bits per heavy atom. The van der Waals surface area contributed by atoms with Crippen molar-refractivity contribution < 1.29 is 14.6 Å². The monoisotopic (exact) mass is 319 g/mol. The van der Waals surface area contributed by atoms with E-state index >= 15 is 0 Å². The van der Waals surface area contributed by atoms with E-state index in [-0.39, 0.29) is 11.9 Å². The van der Waals surface area contributed by atoms with Gasteiger partial charge in [0.15, 0.2) is 0 Å². The molecule has 1 aromatic carbocycles. The molecule has 0 aliphatic heterocycles. The highest BCUT2D eigenvalue weighted by molar-refractivity contribution is 7.12. The summed E-state index contributed by atoms with van der Waals surface area (Å²) in [6.07, 6.45) is -0.769. The number of ether oxygens (including phenoxy) is 1. The molecule has 2 N–H and O–H groups in total. The molecule has 0 saturated carbocycles. The molecule has 2 rings (SSSR count). The summed E-state index contributed by atoms with van der Waals surface area (Å²) in [5.41, 5.74) is 1.42. The number of aryl methyl sites for hydroxylation is 2. The first-order valence-electron chi connectivity index (χ1n) is 7.12. The summed E-state index contributed by atoms with van der Waals surface area (Å²) in [6.45, 7) is 5.70. The predicted molar refractivity (Wildman–Crippen MR) is 88.7 cm³/mol. The third-order valence-electron chi connectivity index (χ3n) is 3.58. The normalized spacial score (nSPS) is 13.5. The topological polar surface area (TPSA) is 58.6 Å². The number of rotatable bonds is 5. The van der Waals surface area contributed by atoms with Gasteiger partial charge in [-0.1, -0.05) is 12.1 Å². The molecule has 0 fully saturated rings. The second-order valence-corrected chi connectivity index (χ2v) is 6.77. The first-order chi connectivity index (χ1) is 10.4. The molecule has 22 heavy (non-hydrogen) atoms. The van der Waals surface area contributed by atoms with E-state index in [1.807, 2.05) is 19.9 Å². The number of hydrogen-bond acceptors (Lipinski definition) is 4. The lowest BCUT2D eigenvalue weighted by Crippen LogP contribution is -2.37. The number of nitrogens with one attached hydrogen (secondary N) is 1. The summed E-state index contributed by atoms with van der Waals surface area (Å²) >= 11 is 1.60. The zero-order valence-electron chi connectivity index (χ0n) is 13.2. The molecule has 0 aliphatic carbocycles. The van der Waals surface area contributed by atoms with E-state index in [2.05, 4.69) is 5.32 Å². The maximum absolute atomic E-state index is 12.3. The molecule has 0 aliphatic rings. The molecule has 2 aromatic rings. The van der Waals surface area contributed by atoms with Crippen LogP contribution in [0.4, 0.5) is 0 Å². The van der Waals surface area contributed by atoms with Gasteiger partial charge in [0.25, 0.3) is 5.91 Å². The van der Waals surface area contributed by atoms with E-state index in [1.165, 1.54) is 0 Å². The fourth-order valence-corrected chi connectivity index (χ4v) is 3.23. The van der Waals surface area contributed by atoms with Crippen molar-refractivity contribution >= 4 is 17.2 Å². The average Bonchev–Trinajstić information content (AvgIpc) is 2.85. The zero-order chi connectivity index (χ0) is 16.3. The van der Waals surface area contributed by atoms with Gasteiger partial charge in [-0.05, 0) is 44.5 Å². The third-order valence-corrected chi connectivity index (χ3v) is 4.54. The van der Waals surface area contributed by atoms with Crippen LogP contribution in [0.5, 0.6) is 5.75 Å². The van der Waals surface area contributed by atoms with Crippen molar-refractivity contribution in [3.8, 4) is 5.75 Å². The number of aliphatic hydroxyl groups is 1. The molecule has 0 saturated heterocycles. The summed E-state index contributed by atoms with van der Waals surface area (Å²) in [5, 5.41) is 13.2. The highest BCUT2D eigenvalue weighted by Gasteiger charge is 2.20. The van der Waals surface area contributed by atoms with Crippen molar-refractivity contribution in [3.63, 3.8) is 0 Å². The number of aliphatic hydroxyl groups excluding tert-OH is 1. The number of thiophene rings is 1. The molecule has 2 unspecified atom stereocenters. The molecule has 118 valence electrons. The van der Waals surface area contributed by atoms with E-state index in [0.29, 0.717) is 5.56 Å². The van der Waals surface area contributed by atoms with Crippen LogP contribution in [0.1, 0.15) is 38.7 Å². The summed E-state index contributed by atoms with van der Waals surface area (Å²) in [7, 11) is 1.60. The van der Waals surface area contributed by atoms with Gasteiger partial charge >= 0.3 is 0 Å². The molecule has 5 heteroatoms. The van der Waals surface area contributed by atoms with Gasteiger partial charge in [-0.2, -0.15) is 0 Å². The molecule has 1 amide bonds. The Morgan fingerprint density at radius 3 is 2.41 bits per heavy atom. The summed E-state index contributed by atoms with van der Waals surface area (Å²) in [5.74, 6) is 0.582. The summed E-state index contributed by atoms with van der Waals surface area (Å²) < 4.78 is 5.10.